The Bertz CT molecular complexity index is 629. The van der Waals surface area contributed by atoms with Crippen molar-refractivity contribution >= 4 is 0 Å². The number of alkyl halides is 3. The minimum atomic E-state index is -4.31. The first kappa shape index (κ1) is 17.9. The van der Waals surface area contributed by atoms with E-state index in [1.54, 1.807) is 7.11 Å². The Morgan fingerprint density at radius 2 is 1.76 bits per heavy atom. The number of hydrogen-bond acceptors (Lipinski definition) is 3. The molecule has 0 amide bonds. The van der Waals surface area contributed by atoms with Crippen molar-refractivity contribution in [2.24, 2.45) is 0 Å². The van der Waals surface area contributed by atoms with E-state index in [0.29, 0.717) is 5.75 Å². The van der Waals surface area contributed by atoms with Crippen molar-refractivity contribution in [3.63, 3.8) is 0 Å². The van der Waals surface area contributed by atoms with Crippen LogP contribution in [0.1, 0.15) is 24.8 Å². The quantitative estimate of drug-likeness (QED) is 0.800. The van der Waals surface area contributed by atoms with Crippen molar-refractivity contribution < 1.29 is 22.6 Å². The molecule has 25 heavy (non-hydrogen) atoms. The van der Waals surface area contributed by atoms with Crippen LogP contribution < -0.4 is 4.74 Å². The van der Waals surface area contributed by atoms with E-state index in [4.69, 9.17) is 9.47 Å². The van der Waals surface area contributed by atoms with E-state index in [2.05, 4.69) is 23.1 Å². The third-order valence-electron chi connectivity index (χ3n) is 4.64. The van der Waals surface area contributed by atoms with E-state index in [1.165, 1.54) is 17.8 Å². The minimum Gasteiger partial charge on any atom is -0.490 e. The Kier molecular flexibility index (Phi) is 5.37. The van der Waals surface area contributed by atoms with Crippen LogP contribution in [0.4, 0.5) is 13.2 Å². The lowest BCUT2D eigenvalue weighted by atomic mass is 10.0. The second-order valence-corrected chi connectivity index (χ2v) is 6.32. The first-order valence-corrected chi connectivity index (χ1v) is 8.46. The van der Waals surface area contributed by atoms with Crippen LogP contribution in [0.3, 0.4) is 0 Å². The molecule has 1 atom stereocenters. The lowest BCUT2D eigenvalue weighted by molar-refractivity contribution is -0.137. The summed E-state index contributed by atoms with van der Waals surface area (Å²) in [6.45, 7) is 1.75. The summed E-state index contributed by atoms with van der Waals surface area (Å²) in [5.74, 6) is 0.492. The van der Waals surface area contributed by atoms with E-state index < -0.39 is 11.7 Å². The summed E-state index contributed by atoms with van der Waals surface area (Å²) in [5.41, 5.74) is 0.557. The molecule has 1 saturated heterocycles. The summed E-state index contributed by atoms with van der Waals surface area (Å²) in [6, 6.07) is 4.92. The van der Waals surface area contributed by atoms with Crippen LogP contribution in [0.2, 0.25) is 0 Å². The van der Waals surface area contributed by atoms with Crippen LogP contribution in [0.25, 0.3) is 0 Å². The molecule has 0 radical (unpaired) electrons. The van der Waals surface area contributed by atoms with Gasteiger partial charge < -0.3 is 14.4 Å². The molecule has 0 bridgehead atoms. The minimum absolute atomic E-state index is 0.0351. The van der Waals surface area contributed by atoms with Gasteiger partial charge in [-0.05, 0) is 36.8 Å². The monoisotopic (exact) mass is 353 g/mol. The van der Waals surface area contributed by atoms with Gasteiger partial charge in [-0.1, -0.05) is 12.2 Å². The Hall–Kier alpha value is -1.95. The number of likely N-dealkylation sites (tertiary alicyclic amines) is 1. The summed E-state index contributed by atoms with van der Waals surface area (Å²) >= 11 is 0. The number of hydrogen-bond donors (Lipinski definition) is 0. The van der Waals surface area contributed by atoms with Gasteiger partial charge >= 0.3 is 6.18 Å². The molecule has 1 fully saturated rings. The summed E-state index contributed by atoms with van der Waals surface area (Å²) < 4.78 is 48.9. The zero-order chi connectivity index (χ0) is 17.9. The van der Waals surface area contributed by atoms with Crippen molar-refractivity contribution in [3.05, 3.63) is 53.8 Å². The zero-order valence-electron chi connectivity index (χ0n) is 14.1. The highest BCUT2D eigenvalue weighted by Crippen LogP contribution is 2.31. The highest BCUT2D eigenvalue weighted by Gasteiger charge is 2.30. The van der Waals surface area contributed by atoms with Crippen LogP contribution >= 0.6 is 0 Å². The highest BCUT2D eigenvalue weighted by molar-refractivity contribution is 5.29. The maximum absolute atomic E-state index is 12.6. The second kappa shape index (κ2) is 7.52. The smallest absolute Gasteiger partial charge is 0.416 e. The van der Waals surface area contributed by atoms with Gasteiger partial charge in [-0.15, -0.1) is 0 Å². The third-order valence-corrected chi connectivity index (χ3v) is 4.64. The molecule has 1 heterocycles. The second-order valence-electron chi connectivity index (χ2n) is 6.32. The standard InChI is InChI=1S/C19H22F3NO2/c1-24-16-8-4-15(5-9-16)23-12-10-18(11-13-23)25-17-6-2-14(3-7-17)19(20,21)22/h2-8,16,18H,9-13H2,1H3. The molecular weight excluding hydrogens is 331 g/mol. The van der Waals surface area contributed by atoms with Crippen molar-refractivity contribution in [1.29, 1.82) is 0 Å². The van der Waals surface area contributed by atoms with Crippen LogP contribution in [-0.2, 0) is 10.9 Å². The zero-order valence-corrected chi connectivity index (χ0v) is 14.1. The predicted octanol–water partition coefficient (Wildman–Crippen LogP) is 4.41. The van der Waals surface area contributed by atoms with Crippen LogP contribution in [0, 0.1) is 0 Å². The lowest BCUT2D eigenvalue weighted by Crippen LogP contribution is -2.37. The van der Waals surface area contributed by atoms with E-state index in [0.717, 1.165) is 44.5 Å². The lowest BCUT2D eigenvalue weighted by Gasteiger charge is -2.35. The Labute approximate surface area is 145 Å². The van der Waals surface area contributed by atoms with Crippen LogP contribution in [0.5, 0.6) is 5.75 Å². The third kappa shape index (κ3) is 4.57. The Balaban J connectivity index is 1.50. The SMILES string of the molecule is COC1C=CC(N2CCC(Oc3ccc(C(F)(F)F)cc3)CC2)=CC1. The number of halogens is 3. The van der Waals surface area contributed by atoms with Gasteiger partial charge in [0.15, 0.2) is 0 Å². The van der Waals surface area contributed by atoms with Gasteiger partial charge in [-0.25, -0.2) is 0 Å². The Morgan fingerprint density at radius 1 is 1.08 bits per heavy atom. The van der Waals surface area contributed by atoms with Crippen molar-refractivity contribution in [2.45, 2.75) is 37.6 Å². The number of allylic oxidation sites excluding steroid dienone is 1. The van der Waals surface area contributed by atoms with Crippen molar-refractivity contribution in [1.82, 2.24) is 4.90 Å². The van der Waals surface area contributed by atoms with E-state index in [9.17, 15) is 13.2 Å². The van der Waals surface area contributed by atoms with Gasteiger partial charge in [0.2, 0.25) is 0 Å². The molecule has 0 saturated carbocycles. The van der Waals surface area contributed by atoms with E-state index in [-0.39, 0.29) is 12.2 Å². The predicted molar refractivity (Wildman–Crippen MR) is 89.3 cm³/mol. The molecule has 0 spiro atoms. The van der Waals surface area contributed by atoms with Crippen molar-refractivity contribution in [2.75, 3.05) is 20.2 Å². The van der Waals surface area contributed by atoms with Crippen molar-refractivity contribution in [3.8, 4) is 5.75 Å². The molecule has 1 aliphatic carbocycles. The summed E-state index contributed by atoms with van der Waals surface area (Å²) in [5, 5.41) is 0. The first-order chi connectivity index (χ1) is 12.0. The van der Waals surface area contributed by atoms with Gasteiger partial charge in [0.25, 0.3) is 0 Å². The molecule has 0 N–H and O–H groups in total. The van der Waals surface area contributed by atoms with E-state index in [1.807, 2.05) is 0 Å². The normalized spacial score (nSPS) is 22.0. The molecule has 1 unspecified atom stereocenters. The molecule has 136 valence electrons. The van der Waals surface area contributed by atoms with Gasteiger partial charge in [0.1, 0.15) is 11.9 Å². The fourth-order valence-corrected chi connectivity index (χ4v) is 3.15. The average Bonchev–Trinajstić information content (AvgIpc) is 2.62. The molecule has 1 aliphatic heterocycles. The number of benzene rings is 1. The molecule has 2 aliphatic rings. The fourth-order valence-electron chi connectivity index (χ4n) is 3.15. The molecule has 6 heteroatoms. The molecule has 3 rings (SSSR count). The molecule has 0 aromatic heterocycles. The number of nitrogens with zero attached hydrogens (tertiary/aromatic N) is 1. The highest BCUT2D eigenvalue weighted by atomic mass is 19.4. The average molecular weight is 353 g/mol. The first-order valence-electron chi connectivity index (χ1n) is 8.46. The van der Waals surface area contributed by atoms with Gasteiger partial charge in [0, 0.05) is 38.7 Å². The largest absolute Gasteiger partial charge is 0.490 e. The van der Waals surface area contributed by atoms with E-state index >= 15 is 0 Å². The van der Waals surface area contributed by atoms with Crippen LogP contribution in [0.15, 0.2) is 48.2 Å². The molecular formula is C19H22F3NO2. The number of methoxy groups -OCH3 is 1. The Morgan fingerprint density at radius 3 is 2.28 bits per heavy atom. The number of rotatable bonds is 4. The van der Waals surface area contributed by atoms with Gasteiger partial charge in [-0.2, -0.15) is 13.2 Å². The van der Waals surface area contributed by atoms with Gasteiger partial charge in [0.05, 0.1) is 11.7 Å². The summed E-state index contributed by atoms with van der Waals surface area (Å²) in [7, 11) is 1.71. The maximum Gasteiger partial charge on any atom is 0.416 e. The topological polar surface area (TPSA) is 21.7 Å². The maximum atomic E-state index is 12.6. The van der Waals surface area contributed by atoms with Crippen LogP contribution in [-0.4, -0.2) is 37.3 Å². The number of ether oxygens (including phenoxy) is 2. The summed E-state index contributed by atoms with van der Waals surface area (Å²) in [6.07, 6.45) is 4.80. The molecule has 1 aromatic rings. The summed E-state index contributed by atoms with van der Waals surface area (Å²) in [4.78, 5) is 2.31. The fraction of sp³-hybridized carbons (Fsp3) is 0.474. The number of piperidine rings is 1. The molecule has 3 nitrogen and oxygen atoms in total. The molecule has 1 aromatic carbocycles. The van der Waals surface area contributed by atoms with Gasteiger partial charge in [-0.3, -0.25) is 0 Å².